The van der Waals surface area contributed by atoms with E-state index >= 15 is 0 Å². The number of aliphatic hydroxyl groups is 1. The van der Waals surface area contributed by atoms with Crippen LogP contribution in [-0.2, 0) is 25.7 Å². The maximum Gasteiger partial charge on any atom is 0.247 e. The van der Waals surface area contributed by atoms with E-state index in [1.807, 2.05) is 66.7 Å². The maximum absolute atomic E-state index is 13.1. The van der Waals surface area contributed by atoms with Gasteiger partial charge in [-0.25, -0.2) is 0 Å². The molecule has 9 heteroatoms. The summed E-state index contributed by atoms with van der Waals surface area (Å²) in [6, 6.07) is 25.6. The molecule has 1 spiro atoms. The molecule has 3 aromatic rings. The summed E-state index contributed by atoms with van der Waals surface area (Å²) < 4.78 is 13.0. The quantitative estimate of drug-likeness (QED) is 0.393. The number of amides is 2. The first-order valence-corrected chi connectivity index (χ1v) is 14.6. The smallest absolute Gasteiger partial charge is 0.247 e. The first-order valence-electron chi connectivity index (χ1n) is 14.6. The summed E-state index contributed by atoms with van der Waals surface area (Å²) in [5.41, 5.74) is 3.94. The first kappa shape index (κ1) is 28.4. The lowest BCUT2D eigenvalue weighted by molar-refractivity contribution is -0.253. The van der Waals surface area contributed by atoms with Crippen LogP contribution in [0.15, 0.2) is 78.9 Å². The van der Waals surface area contributed by atoms with E-state index < -0.39 is 11.8 Å². The molecular weight excluding hydrogens is 532 g/mol. The van der Waals surface area contributed by atoms with E-state index in [1.165, 1.54) is 6.92 Å². The van der Waals surface area contributed by atoms with Crippen LogP contribution in [-0.4, -0.2) is 59.8 Å². The van der Waals surface area contributed by atoms with Gasteiger partial charge in [0.25, 0.3) is 0 Å². The number of carbonyl (C=O) groups is 2. The largest absolute Gasteiger partial charge is 0.392 e. The Morgan fingerprint density at radius 3 is 2.48 bits per heavy atom. The fourth-order valence-electron chi connectivity index (χ4n) is 6.43. The number of para-hydroxylation sites is 1. The van der Waals surface area contributed by atoms with Crippen LogP contribution < -0.4 is 15.5 Å². The molecular formula is C33H38N4O5. The Morgan fingerprint density at radius 1 is 1.00 bits per heavy atom. The van der Waals surface area contributed by atoms with E-state index in [0.29, 0.717) is 18.8 Å². The average Bonchev–Trinajstić information content (AvgIpc) is 3.33. The van der Waals surface area contributed by atoms with Crippen LogP contribution >= 0.6 is 0 Å². The molecule has 9 nitrogen and oxygen atoms in total. The van der Waals surface area contributed by atoms with Gasteiger partial charge in [0.1, 0.15) is 5.54 Å². The topological polar surface area (TPSA) is 103 Å². The molecule has 0 radical (unpaired) electrons. The number of carbonyl (C=O) groups excluding carboxylic acids is 2. The van der Waals surface area contributed by atoms with E-state index in [2.05, 4.69) is 32.6 Å². The number of anilines is 2. The zero-order valence-electron chi connectivity index (χ0n) is 23.9. The van der Waals surface area contributed by atoms with Gasteiger partial charge in [0.05, 0.1) is 25.5 Å². The summed E-state index contributed by atoms with van der Waals surface area (Å²) in [5.74, 6) is -0.0270. The molecule has 3 fully saturated rings. The second kappa shape index (κ2) is 12.2. The molecule has 3 aliphatic heterocycles. The predicted molar refractivity (Wildman–Crippen MR) is 160 cm³/mol. The second-order valence-corrected chi connectivity index (χ2v) is 11.4. The summed E-state index contributed by atoms with van der Waals surface area (Å²) in [6.45, 7) is 4.30. The summed E-state index contributed by atoms with van der Waals surface area (Å²) >= 11 is 0. The number of likely N-dealkylation sites (tertiary alicyclic amines) is 1. The third-order valence-corrected chi connectivity index (χ3v) is 8.64. The number of nitrogens with zero attached hydrogens (tertiary/aromatic N) is 2. The lowest BCUT2D eigenvalue weighted by atomic mass is 9.85. The van der Waals surface area contributed by atoms with Crippen LogP contribution in [0.3, 0.4) is 0 Å². The van der Waals surface area contributed by atoms with Crippen LogP contribution in [0.25, 0.3) is 0 Å². The van der Waals surface area contributed by atoms with E-state index in [-0.39, 0.29) is 30.6 Å². The summed E-state index contributed by atoms with van der Waals surface area (Å²) in [6.07, 6.45) is 1.25. The Bertz CT molecular complexity index is 1390. The van der Waals surface area contributed by atoms with E-state index in [4.69, 9.17) is 9.47 Å². The normalized spacial score (nSPS) is 24.0. The molecule has 3 unspecified atom stereocenters. The molecule has 0 bridgehead atoms. The fraction of sp³-hybridized carbons (Fsp3) is 0.394. The standard InChI is InChI=1S/C33H38N4O5/c1-23(39)35-27-7-5-6-26(18-27)31-41-29(19-30(42-31)25-12-10-24(21-38)11-13-25)20-36-16-14-33(15-17-36)32(40)34-22-37(33)28-8-3-2-4-9-28/h2-13,18,29-31,38H,14-17,19-22H2,1H3,(H,34,40)(H,35,39). The minimum absolute atomic E-state index is 0.00766. The highest BCUT2D eigenvalue weighted by atomic mass is 16.7. The Labute approximate surface area is 246 Å². The van der Waals surface area contributed by atoms with Gasteiger partial charge in [-0.1, -0.05) is 54.6 Å². The maximum atomic E-state index is 13.1. The predicted octanol–water partition coefficient (Wildman–Crippen LogP) is 4.11. The monoisotopic (exact) mass is 570 g/mol. The molecule has 0 aliphatic carbocycles. The Hall–Kier alpha value is -3.76. The molecule has 42 heavy (non-hydrogen) atoms. The molecule has 3 aliphatic rings. The van der Waals surface area contributed by atoms with Gasteiger partial charge >= 0.3 is 0 Å². The number of benzene rings is 3. The molecule has 0 aromatic heterocycles. The SMILES string of the molecule is CC(=O)Nc1cccc(C2OC(CN3CCC4(CC3)C(=O)NCN4c3ccccc3)CC(c3ccc(CO)cc3)O2)c1. The average molecular weight is 571 g/mol. The van der Waals surface area contributed by atoms with E-state index in [9.17, 15) is 14.7 Å². The Balaban J connectivity index is 1.18. The minimum atomic E-state index is -0.606. The number of hydrogen-bond donors (Lipinski definition) is 3. The molecule has 3 aromatic carbocycles. The second-order valence-electron chi connectivity index (χ2n) is 11.4. The van der Waals surface area contributed by atoms with Gasteiger partial charge in [0.15, 0.2) is 6.29 Å². The van der Waals surface area contributed by atoms with Gasteiger partial charge in [-0.05, 0) is 48.2 Å². The lowest BCUT2D eigenvalue weighted by Gasteiger charge is -2.45. The fourth-order valence-corrected chi connectivity index (χ4v) is 6.43. The third-order valence-electron chi connectivity index (χ3n) is 8.64. The highest BCUT2D eigenvalue weighted by Gasteiger charge is 2.50. The zero-order valence-corrected chi connectivity index (χ0v) is 23.9. The molecule has 3 atom stereocenters. The molecule has 220 valence electrons. The van der Waals surface area contributed by atoms with Crippen LogP contribution in [0.4, 0.5) is 11.4 Å². The number of ether oxygens (including phenoxy) is 2. The van der Waals surface area contributed by atoms with Gasteiger partial charge < -0.3 is 35.0 Å². The van der Waals surface area contributed by atoms with Crippen molar-refractivity contribution in [1.29, 1.82) is 0 Å². The minimum Gasteiger partial charge on any atom is -0.392 e. The van der Waals surface area contributed by atoms with Gasteiger partial charge in [0.2, 0.25) is 11.8 Å². The molecule has 3 saturated heterocycles. The Morgan fingerprint density at radius 2 is 1.76 bits per heavy atom. The van der Waals surface area contributed by atoms with Crippen molar-refractivity contribution in [2.24, 2.45) is 0 Å². The van der Waals surface area contributed by atoms with Gasteiger partial charge in [-0.2, -0.15) is 0 Å². The van der Waals surface area contributed by atoms with E-state index in [1.54, 1.807) is 0 Å². The number of piperidine rings is 1. The van der Waals surface area contributed by atoms with Gasteiger partial charge in [0, 0.05) is 49.9 Å². The number of rotatable bonds is 7. The van der Waals surface area contributed by atoms with Crippen LogP contribution in [0, 0.1) is 0 Å². The summed E-state index contributed by atoms with van der Waals surface area (Å²) in [4.78, 5) is 29.4. The zero-order chi connectivity index (χ0) is 29.1. The van der Waals surface area contributed by atoms with Crippen molar-refractivity contribution in [3.8, 4) is 0 Å². The summed E-state index contributed by atoms with van der Waals surface area (Å²) in [7, 11) is 0. The molecule has 6 rings (SSSR count). The van der Waals surface area contributed by atoms with Crippen molar-refractivity contribution >= 4 is 23.2 Å². The van der Waals surface area contributed by atoms with Crippen molar-refractivity contribution < 1.29 is 24.2 Å². The third kappa shape index (κ3) is 5.91. The molecule has 3 heterocycles. The van der Waals surface area contributed by atoms with Crippen LogP contribution in [0.5, 0.6) is 0 Å². The number of nitrogens with one attached hydrogen (secondary N) is 2. The number of aliphatic hydroxyl groups excluding tert-OH is 1. The van der Waals surface area contributed by atoms with Crippen LogP contribution in [0.1, 0.15) is 55.3 Å². The van der Waals surface area contributed by atoms with Crippen molar-refractivity contribution in [1.82, 2.24) is 10.2 Å². The highest BCUT2D eigenvalue weighted by Crippen LogP contribution is 2.40. The van der Waals surface area contributed by atoms with Gasteiger partial charge in [-0.15, -0.1) is 0 Å². The molecule has 0 saturated carbocycles. The number of hydrogen-bond acceptors (Lipinski definition) is 7. The van der Waals surface area contributed by atoms with Crippen molar-refractivity contribution in [3.63, 3.8) is 0 Å². The molecule has 2 amide bonds. The van der Waals surface area contributed by atoms with Crippen molar-refractivity contribution in [3.05, 3.63) is 95.6 Å². The lowest BCUT2D eigenvalue weighted by Crippen LogP contribution is -2.57. The molecule has 3 N–H and O–H groups in total. The van der Waals surface area contributed by atoms with Crippen LogP contribution in [0.2, 0.25) is 0 Å². The van der Waals surface area contributed by atoms with Gasteiger partial charge in [-0.3, -0.25) is 9.59 Å². The van der Waals surface area contributed by atoms with Crippen molar-refractivity contribution in [2.45, 2.75) is 56.8 Å². The Kier molecular flexibility index (Phi) is 8.26. The first-order chi connectivity index (χ1) is 20.4. The van der Waals surface area contributed by atoms with Crippen molar-refractivity contribution in [2.75, 3.05) is 36.5 Å². The highest BCUT2D eigenvalue weighted by molar-refractivity contribution is 5.93. The van der Waals surface area contributed by atoms with E-state index in [0.717, 1.165) is 54.9 Å². The summed E-state index contributed by atoms with van der Waals surface area (Å²) in [5, 5.41) is 15.4.